The molecule has 1 nitrogen and oxygen atoms in total. The zero-order chi connectivity index (χ0) is 13.1. The fourth-order valence-electron chi connectivity index (χ4n) is 2.28. The summed E-state index contributed by atoms with van der Waals surface area (Å²) < 4.78 is 0. The monoisotopic (exact) mass is 240 g/mol. The van der Waals surface area contributed by atoms with Crippen LogP contribution in [0.5, 0.6) is 5.75 Å². The summed E-state index contributed by atoms with van der Waals surface area (Å²) in [5.74, 6) is 0.404. The van der Waals surface area contributed by atoms with Gasteiger partial charge in [0.25, 0.3) is 0 Å². The lowest BCUT2D eigenvalue weighted by molar-refractivity contribution is 0.467. The molecule has 2 aromatic carbocycles. The van der Waals surface area contributed by atoms with Crippen molar-refractivity contribution in [3.63, 3.8) is 0 Å². The number of rotatable bonds is 3. The number of phenols is 1. The SMILES string of the molecule is CCCc1ccc(-c2cc(C)c(O)c(C)c2)cc1. The van der Waals surface area contributed by atoms with E-state index in [0.29, 0.717) is 5.75 Å². The lowest BCUT2D eigenvalue weighted by Gasteiger charge is -2.09. The first kappa shape index (κ1) is 12.7. The van der Waals surface area contributed by atoms with Crippen molar-refractivity contribution in [1.82, 2.24) is 0 Å². The predicted octanol–water partition coefficient (Wildman–Crippen LogP) is 4.63. The molecule has 0 amide bonds. The fourth-order valence-corrected chi connectivity index (χ4v) is 2.28. The summed E-state index contributed by atoms with van der Waals surface area (Å²) in [5, 5.41) is 9.79. The Morgan fingerprint density at radius 2 is 1.44 bits per heavy atom. The summed E-state index contributed by atoms with van der Waals surface area (Å²) in [5.41, 5.74) is 5.63. The number of aromatic hydroxyl groups is 1. The van der Waals surface area contributed by atoms with Gasteiger partial charge in [0.2, 0.25) is 0 Å². The summed E-state index contributed by atoms with van der Waals surface area (Å²) in [6.45, 7) is 6.08. The van der Waals surface area contributed by atoms with E-state index in [9.17, 15) is 5.11 Å². The van der Waals surface area contributed by atoms with Crippen LogP contribution in [0.15, 0.2) is 36.4 Å². The Morgan fingerprint density at radius 3 is 1.94 bits per heavy atom. The Hall–Kier alpha value is -1.76. The molecule has 0 aliphatic rings. The van der Waals surface area contributed by atoms with E-state index in [1.165, 1.54) is 23.1 Å². The second kappa shape index (κ2) is 5.26. The first-order valence-corrected chi connectivity index (χ1v) is 6.51. The predicted molar refractivity (Wildman–Crippen MR) is 77.0 cm³/mol. The third kappa shape index (κ3) is 2.56. The highest BCUT2D eigenvalue weighted by Gasteiger charge is 2.05. The first-order valence-electron chi connectivity index (χ1n) is 6.51. The van der Waals surface area contributed by atoms with Gasteiger partial charge in [0.15, 0.2) is 0 Å². The highest BCUT2D eigenvalue weighted by Crippen LogP contribution is 2.29. The van der Waals surface area contributed by atoms with Gasteiger partial charge in [0, 0.05) is 0 Å². The molecule has 0 fully saturated rings. The Balaban J connectivity index is 2.36. The summed E-state index contributed by atoms with van der Waals surface area (Å²) in [7, 11) is 0. The lowest BCUT2D eigenvalue weighted by Crippen LogP contribution is -1.86. The zero-order valence-electron chi connectivity index (χ0n) is 11.3. The molecule has 1 N–H and O–H groups in total. The molecule has 0 unspecified atom stereocenters. The van der Waals surface area contributed by atoms with Crippen LogP contribution in [0.4, 0.5) is 0 Å². The van der Waals surface area contributed by atoms with Gasteiger partial charge in [-0.25, -0.2) is 0 Å². The average Bonchev–Trinajstić information content (AvgIpc) is 2.37. The van der Waals surface area contributed by atoms with Crippen molar-refractivity contribution in [2.24, 2.45) is 0 Å². The molecule has 94 valence electrons. The number of hydrogen-bond donors (Lipinski definition) is 1. The number of benzene rings is 2. The van der Waals surface area contributed by atoms with Crippen LogP contribution in [0.3, 0.4) is 0 Å². The number of aryl methyl sites for hydroxylation is 3. The highest BCUT2D eigenvalue weighted by molar-refractivity contribution is 5.67. The highest BCUT2D eigenvalue weighted by atomic mass is 16.3. The number of hydrogen-bond acceptors (Lipinski definition) is 1. The van der Waals surface area contributed by atoms with Crippen LogP contribution >= 0.6 is 0 Å². The molecule has 1 heteroatoms. The van der Waals surface area contributed by atoms with Gasteiger partial charge in [-0.05, 0) is 60.2 Å². The van der Waals surface area contributed by atoms with Gasteiger partial charge in [0.05, 0.1) is 0 Å². The summed E-state index contributed by atoms with van der Waals surface area (Å²) in [6.07, 6.45) is 2.31. The van der Waals surface area contributed by atoms with Crippen molar-refractivity contribution in [1.29, 1.82) is 0 Å². The van der Waals surface area contributed by atoms with E-state index >= 15 is 0 Å². The molecule has 0 spiro atoms. The van der Waals surface area contributed by atoms with E-state index < -0.39 is 0 Å². The molecule has 0 radical (unpaired) electrons. The largest absolute Gasteiger partial charge is 0.507 e. The van der Waals surface area contributed by atoms with Gasteiger partial charge < -0.3 is 5.11 Å². The molecule has 0 saturated heterocycles. The Labute approximate surface area is 109 Å². The van der Waals surface area contributed by atoms with Gasteiger partial charge in [-0.1, -0.05) is 37.6 Å². The van der Waals surface area contributed by atoms with Crippen molar-refractivity contribution in [3.8, 4) is 16.9 Å². The minimum atomic E-state index is 0.404. The Morgan fingerprint density at radius 1 is 0.889 bits per heavy atom. The van der Waals surface area contributed by atoms with E-state index in [0.717, 1.165) is 17.5 Å². The maximum absolute atomic E-state index is 9.79. The summed E-state index contributed by atoms with van der Waals surface area (Å²) >= 11 is 0. The standard InChI is InChI=1S/C17H20O/c1-4-5-14-6-8-15(9-7-14)16-10-12(2)17(18)13(3)11-16/h6-11,18H,4-5H2,1-3H3. The van der Waals surface area contributed by atoms with E-state index in [2.05, 4.69) is 31.2 Å². The molecule has 18 heavy (non-hydrogen) atoms. The normalized spacial score (nSPS) is 10.6. The Bertz CT molecular complexity index is 515. The molecule has 0 heterocycles. The van der Waals surface area contributed by atoms with Crippen molar-refractivity contribution >= 4 is 0 Å². The molecule has 0 aliphatic carbocycles. The summed E-state index contributed by atoms with van der Waals surface area (Å²) in [6, 6.07) is 12.8. The first-order chi connectivity index (χ1) is 8.61. The second-order valence-electron chi connectivity index (χ2n) is 4.91. The lowest BCUT2D eigenvalue weighted by atomic mass is 9.98. The topological polar surface area (TPSA) is 20.2 Å². The third-order valence-electron chi connectivity index (χ3n) is 3.32. The second-order valence-corrected chi connectivity index (χ2v) is 4.91. The average molecular weight is 240 g/mol. The van der Waals surface area contributed by atoms with Crippen molar-refractivity contribution < 1.29 is 5.11 Å². The van der Waals surface area contributed by atoms with Crippen molar-refractivity contribution in [3.05, 3.63) is 53.1 Å². The molecular weight excluding hydrogens is 220 g/mol. The van der Waals surface area contributed by atoms with E-state index in [-0.39, 0.29) is 0 Å². The van der Waals surface area contributed by atoms with Crippen LogP contribution in [0.1, 0.15) is 30.0 Å². The van der Waals surface area contributed by atoms with Crippen molar-refractivity contribution in [2.45, 2.75) is 33.6 Å². The van der Waals surface area contributed by atoms with Gasteiger partial charge >= 0.3 is 0 Å². The molecule has 0 bridgehead atoms. The summed E-state index contributed by atoms with van der Waals surface area (Å²) in [4.78, 5) is 0. The van der Waals surface area contributed by atoms with E-state index in [4.69, 9.17) is 0 Å². The van der Waals surface area contributed by atoms with Crippen molar-refractivity contribution in [2.75, 3.05) is 0 Å². The van der Waals surface area contributed by atoms with E-state index in [1.54, 1.807) is 0 Å². The fraction of sp³-hybridized carbons (Fsp3) is 0.294. The van der Waals surface area contributed by atoms with Crippen LogP contribution in [-0.4, -0.2) is 5.11 Å². The molecule has 2 aromatic rings. The van der Waals surface area contributed by atoms with Crippen LogP contribution in [0, 0.1) is 13.8 Å². The quantitative estimate of drug-likeness (QED) is 0.829. The molecule has 0 aromatic heterocycles. The third-order valence-corrected chi connectivity index (χ3v) is 3.32. The molecule has 0 aliphatic heterocycles. The van der Waals surface area contributed by atoms with Gasteiger partial charge in [-0.3, -0.25) is 0 Å². The van der Waals surface area contributed by atoms with E-state index in [1.807, 2.05) is 26.0 Å². The van der Waals surface area contributed by atoms with Crippen LogP contribution < -0.4 is 0 Å². The molecular formula is C17H20O. The van der Waals surface area contributed by atoms with Gasteiger partial charge in [-0.2, -0.15) is 0 Å². The Kier molecular flexibility index (Phi) is 3.71. The van der Waals surface area contributed by atoms with Gasteiger partial charge in [-0.15, -0.1) is 0 Å². The number of phenolic OH excluding ortho intramolecular Hbond substituents is 1. The minimum absolute atomic E-state index is 0.404. The van der Waals surface area contributed by atoms with Crippen LogP contribution in [-0.2, 0) is 6.42 Å². The zero-order valence-corrected chi connectivity index (χ0v) is 11.3. The maximum Gasteiger partial charge on any atom is 0.121 e. The van der Waals surface area contributed by atoms with Gasteiger partial charge in [0.1, 0.15) is 5.75 Å². The smallest absolute Gasteiger partial charge is 0.121 e. The van der Waals surface area contributed by atoms with Crippen LogP contribution in [0.2, 0.25) is 0 Å². The maximum atomic E-state index is 9.79. The van der Waals surface area contributed by atoms with Crippen LogP contribution in [0.25, 0.3) is 11.1 Å². The molecule has 0 saturated carbocycles. The molecule has 0 atom stereocenters. The minimum Gasteiger partial charge on any atom is -0.507 e. The molecule has 2 rings (SSSR count).